The molecule has 0 aliphatic rings. The summed E-state index contributed by atoms with van der Waals surface area (Å²) >= 11 is 1.53. The van der Waals surface area contributed by atoms with Crippen LogP contribution in [0.5, 0.6) is 5.75 Å². The lowest BCUT2D eigenvalue weighted by atomic mass is 10.1. The van der Waals surface area contributed by atoms with Gasteiger partial charge < -0.3 is 9.26 Å². The zero-order valence-corrected chi connectivity index (χ0v) is 14.5. The molecule has 0 unspecified atom stereocenters. The van der Waals surface area contributed by atoms with E-state index in [0.717, 1.165) is 34.7 Å². The van der Waals surface area contributed by atoms with Crippen molar-refractivity contribution in [3.63, 3.8) is 0 Å². The molecule has 2 aromatic heterocycles. The molecule has 0 saturated carbocycles. The molecule has 0 spiro atoms. The van der Waals surface area contributed by atoms with Crippen LogP contribution < -0.4 is 4.74 Å². The minimum atomic E-state index is -2.78. The molecular weight excluding hydrogens is 350 g/mol. The predicted molar refractivity (Wildman–Crippen MR) is 87.9 cm³/mol. The van der Waals surface area contributed by atoms with Crippen molar-refractivity contribution in [1.29, 1.82) is 0 Å². The second-order valence-corrected chi connectivity index (χ2v) is 6.40. The first-order chi connectivity index (χ1) is 12.0. The minimum Gasteiger partial charge on any atom is -0.493 e. The Labute approximate surface area is 146 Å². The van der Waals surface area contributed by atoms with Crippen molar-refractivity contribution in [3.05, 3.63) is 39.7 Å². The van der Waals surface area contributed by atoms with Gasteiger partial charge in [-0.15, -0.1) is 21.5 Å². The number of rotatable bonds is 7. The fourth-order valence-electron chi connectivity index (χ4n) is 2.45. The maximum atomic E-state index is 12.6. The molecule has 0 radical (unpaired) electrons. The summed E-state index contributed by atoms with van der Waals surface area (Å²) in [5.74, 6) is 0.241. The van der Waals surface area contributed by atoms with Gasteiger partial charge in [0.1, 0.15) is 16.3 Å². The molecule has 0 bridgehead atoms. The molecule has 0 N–H and O–H groups in total. The van der Waals surface area contributed by atoms with E-state index < -0.39 is 12.3 Å². The summed E-state index contributed by atoms with van der Waals surface area (Å²) in [5.41, 5.74) is 4.09. The van der Waals surface area contributed by atoms with Gasteiger partial charge in [-0.2, -0.15) is 13.8 Å². The lowest BCUT2D eigenvalue weighted by Crippen LogP contribution is -2.02. The third-order valence-corrected chi connectivity index (χ3v) is 4.29. The number of halogens is 2. The monoisotopic (exact) mass is 366 g/mol. The maximum absolute atomic E-state index is 12.6. The van der Waals surface area contributed by atoms with Crippen LogP contribution >= 0.6 is 11.3 Å². The molecule has 25 heavy (non-hydrogen) atoms. The second-order valence-electron chi connectivity index (χ2n) is 5.48. The van der Waals surface area contributed by atoms with E-state index in [9.17, 15) is 8.78 Å². The number of aryl methyl sites for hydroxylation is 3. The van der Waals surface area contributed by atoms with Gasteiger partial charge in [0.2, 0.25) is 5.82 Å². The van der Waals surface area contributed by atoms with Gasteiger partial charge in [-0.1, -0.05) is 5.16 Å². The highest BCUT2D eigenvalue weighted by Gasteiger charge is 2.18. The van der Waals surface area contributed by atoms with Crippen LogP contribution in [-0.2, 0) is 6.42 Å². The molecule has 0 aliphatic heterocycles. The van der Waals surface area contributed by atoms with Gasteiger partial charge in [-0.05, 0) is 43.5 Å². The summed E-state index contributed by atoms with van der Waals surface area (Å²) in [5, 5.41) is 12.4. The van der Waals surface area contributed by atoms with Crippen molar-refractivity contribution in [1.82, 2.24) is 20.3 Å². The first-order valence-electron chi connectivity index (χ1n) is 7.66. The van der Waals surface area contributed by atoms with Crippen LogP contribution in [-0.4, -0.2) is 26.9 Å². The molecule has 1 aromatic carbocycles. The zero-order valence-electron chi connectivity index (χ0n) is 13.7. The molecule has 0 atom stereocenters. The molecule has 9 heteroatoms. The number of hydrogen-bond acceptors (Lipinski definition) is 7. The van der Waals surface area contributed by atoms with E-state index >= 15 is 0 Å². The van der Waals surface area contributed by atoms with Gasteiger partial charge in [0.25, 0.3) is 5.89 Å². The van der Waals surface area contributed by atoms with Gasteiger partial charge in [-0.25, -0.2) is 0 Å². The average Bonchev–Trinajstić information content (AvgIpc) is 3.25. The lowest BCUT2D eigenvalue weighted by molar-refractivity contribution is 0.106. The summed E-state index contributed by atoms with van der Waals surface area (Å²) in [6.07, 6.45) is -1.13. The summed E-state index contributed by atoms with van der Waals surface area (Å²) in [4.78, 5) is 3.72. The Hall–Kier alpha value is -2.42. The minimum absolute atomic E-state index is 0.143. The van der Waals surface area contributed by atoms with Crippen molar-refractivity contribution in [2.24, 2.45) is 0 Å². The fraction of sp³-hybridized carbons (Fsp3) is 0.375. The quantitative estimate of drug-likeness (QED) is 0.585. The normalized spacial score (nSPS) is 11.2. The van der Waals surface area contributed by atoms with Gasteiger partial charge in [-0.3, -0.25) is 0 Å². The molecule has 0 saturated heterocycles. The summed E-state index contributed by atoms with van der Waals surface area (Å²) < 4.78 is 35.6. The van der Waals surface area contributed by atoms with E-state index in [0.29, 0.717) is 12.2 Å². The summed E-state index contributed by atoms with van der Waals surface area (Å²) in [6, 6.07) is 3.60. The number of aromatic nitrogens is 4. The highest BCUT2D eigenvalue weighted by atomic mass is 32.1. The molecule has 2 heterocycles. The average molecular weight is 366 g/mol. The van der Waals surface area contributed by atoms with Crippen LogP contribution in [0.15, 0.2) is 22.2 Å². The molecule has 132 valence electrons. The van der Waals surface area contributed by atoms with Crippen molar-refractivity contribution >= 4 is 11.3 Å². The van der Waals surface area contributed by atoms with Crippen LogP contribution in [0.1, 0.15) is 34.9 Å². The Bertz CT molecular complexity index is 814. The SMILES string of the molecule is Cc1cc(-c2noc(C(F)F)n2)cc(C)c1OCCCc1nncs1. The second kappa shape index (κ2) is 7.64. The molecule has 0 fully saturated rings. The van der Waals surface area contributed by atoms with Gasteiger partial charge in [0.15, 0.2) is 0 Å². The van der Waals surface area contributed by atoms with Gasteiger partial charge in [0, 0.05) is 12.0 Å². The molecule has 3 rings (SSSR count). The number of alkyl halides is 2. The standard InChI is InChI=1S/C16H16F2N4O2S/c1-9-6-11(15-20-16(14(17)18)24-22-15)7-10(2)13(9)23-5-3-4-12-21-19-8-25-12/h6-8,14H,3-5H2,1-2H3. The molecule has 3 aromatic rings. The number of ether oxygens (including phenoxy) is 1. The topological polar surface area (TPSA) is 73.9 Å². The van der Waals surface area contributed by atoms with Crippen LogP contribution in [0.2, 0.25) is 0 Å². The van der Waals surface area contributed by atoms with Gasteiger partial charge in [0.05, 0.1) is 6.61 Å². The predicted octanol–water partition coefficient (Wildman–Crippen LogP) is 4.15. The Morgan fingerprint density at radius 3 is 2.60 bits per heavy atom. The van der Waals surface area contributed by atoms with Crippen LogP contribution in [0.25, 0.3) is 11.4 Å². The van der Waals surface area contributed by atoms with Crippen molar-refractivity contribution in [3.8, 4) is 17.1 Å². The maximum Gasteiger partial charge on any atom is 0.315 e. The van der Waals surface area contributed by atoms with E-state index in [1.54, 1.807) is 17.6 Å². The Balaban J connectivity index is 1.67. The van der Waals surface area contributed by atoms with Gasteiger partial charge >= 0.3 is 6.43 Å². The Morgan fingerprint density at radius 2 is 2.00 bits per heavy atom. The summed E-state index contributed by atoms with van der Waals surface area (Å²) in [7, 11) is 0. The van der Waals surface area contributed by atoms with E-state index in [4.69, 9.17) is 4.74 Å². The first kappa shape index (κ1) is 17.4. The lowest BCUT2D eigenvalue weighted by Gasteiger charge is -2.13. The van der Waals surface area contributed by atoms with E-state index in [1.165, 1.54) is 11.3 Å². The number of benzene rings is 1. The van der Waals surface area contributed by atoms with Crippen molar-refractivity contribution < 1.29 is 18.0 Å². The number of hydrogen-bond donors (Lipinski definition) is 0. The molecular formula is C16H16F2N4O2S. The fourth-order valence-corrected chi connectivity index (χ4v) is 3.02. The van der Waals surface area contributed by atoms with E-state index in [2.05, 4.69) is 24.9 Å². The smallest absolute Gasteiger partial charge is 0.315 e. The number of nitrogens with zero attached hydrogens (tertiary/aromatic N) is 4. The Morgan fingerprint density at radius 1 is 1.24 bits per heavy atom. The third kappa shape index (κ3) is 4.16. The van der Waals surface area contributed by atoms with Crippen LogP contribution in [0.4, 0.5) is 8.78 Å². The Kier molecular flexibility index (Phi) is 5.32. The van der Waals surface area contributed by atoms with E-state index in [1.807, 2.05) is 13.8 Å². The highest BCUT2D eigenvalue weighted by Crippen LogP contribution is 2.30. The molecule has 0 amide bonds. The third-order valence-electron chi connectivity index (χ3n) is 3.53. The van der Waals surface area contributed by atoms with Crippen LogP contribution in [0.3, 0.4) is 0 Å². The largest absolute Gasteiger partial charge is 0.493 e. The highest BCUT2D eigenvalue weighted by molar-refractivity contribution is 7.09. The molecule has 6 nitrogen and oxygen atoms in total. The first-order valence-corrected chi connectivity index (χ1v) is 8.53. The summed E-state index contributed by atoms with van der Waals surface area (Å²) in [6.45, 7) is 4.34. The van der Waals surface area contributed by atoms with Crippen LogP contribution in [0, 0.1) is 13.8 Å². The van der Waals surface area contributed by atoms with Crippen molar-refractivity contribution in [2.45, 2.75) is 33.1 Å². The zero-order chi connectivity index (χ0) is 17.8. The van der Waals surface area contributed by atoms with E-state index in [-0.39, 0.29) is 5.82 Å². The van der Waals surface area contributed by atoms with Crippen molar-refractivity contribution in [2.75, 3.05) is 6.61 Å². The molecule has 0 aliphatic carbocycles.